The Morgan fingerprint density at radius 1 is 0.522 bits per heavy atom. The van der Waals surface area contributed by atoms with Crippen LogP contribution in [0.5, 0.6) is 0 Å². The minimum atomic E-state index is -0.121. The molecule has 8 heteroatoms. The van der Waals surface area contributed by atoms with Gasteiger partial charge in [-0.2, -0.15) is 0 Å². The van der Waals surface area contributed by atoms with E-state index >= 15 is 0 Å². The van der Waals surface area contributed by atoms with Gasteiger partial charge in [0, 0.05) is 6.54 Å². The molecule has 0 saturated carbocycles. The van der Waals surface area contributed by atoms with Gasteiger partial charge in [0.05, 0.1) is 92.0 Å². The van der Waals surface area contributed by atoms with E-state index in [1.807, 2.05) is 0 Å². The van der Waals surface area contributed by atoms with Crippen molar-refractivity contribution in [3.05, 3.63) is 0 Å². The zero-order valence-electron chi connectivity index (χ0n) is 13.9. The lowest BCUT2D eigenvalue weighted by Gasteiger charge is -2.16. The van der Waals surface area contributed by atoms with Crippen molar-refractivity contribution >= 4 is 0 Å². The van der Waals surface area contributed by atoms with Crippen molar-refractivity contribution < 1.29 is 33.2 Å². The Bertz CT molecular complexity index is 224. The maximum atomic E-state index is 5.64. The smallest absolute Gasteiger partial charge is 0.0931 e. The second-order valence-electron chi connectivity index (χ2n) is 4.87. The highest BCUT2D eigenvalue weighted by atomic mass is 16.6. The first-order valence-corrected chi connectivity index (χ1v) is 8.21. The van der Waals surface area contributed by atoms with Crippen LogP contribution in [0.25, 0.3) is 0 Å². The molecule has 1 rings (SSSR count). The van der Waals surface area contributed by atoms with Crippen molar-refractivity contribution in [2.24, 2.45) is 5.73 Å². The highest BCUT2D eigenvalue weighted by molar-refractivity contribution is 4.57. The largest absolute Gasteiger partial charge is 0.377 e. The molecule has 1 aliphatic heterocycles. The fraction of sp³-hybridized carbons (Fsp3) is 1.00. The molecule has 0 radical (unpaired) electrons. The second kappa shape index (κ2) is 16.5. The van der Waals surface area contributed by atoms with Crippen molar-refractivity contribution in [3.8, 4) is 0 Å². The Hall–Kier alpha value is -0.320. The van der Waals surface area contributed by atoms with Crippen molar-refractivity contribution in [2.75, 3.05) is 92.4 Å². The molecule has 0 aliphatic carbocycles. The van der Waals surface area contributed by atoms with E-state index in [0.717, 1.165) is 0 Å². The molecule has 0 bridgehead atoms. The van der Waals surface area contributed by atoms with E-state index < -0.39 is 0 Å². The van der Waals surface area contributed by atoms with E-state index in [2.05, 4.69) is 0 Å². The summed E-state index contributed by atoms with van der Waals surface area (Å²) in [6, 6.07) is 0. The van der Waals surface area contributed by atoms with Gasteiger partial charge >= 0.3 is 0 Å². The molecule has 0 amide bonds. The number of hydrogen-bond donors (Lipinski definition) is 1. The maximum Gasteiger partial charge on any atom is 0.0931 e. The van der Waals surface area contributed by atoms with E-state index in [-0.39, 0.29) is 6.10 Å². The zero-order valence-corrected chi connectivity index (χ0v) is 13.9. The van der Waals surface area contributed by atoms with Gasteiger partial charge < -0.3 is 38.9 Å². The van der Waals surface area contributed by atoms with Crippen LogP contribution in [0.3, 0.4) is 0 Å². The lowest BCUT2D eigenvalue weighted by Crippen LogP contribution is -2.30. The summed E-state index contributed by atoms with van der Waals surface area (Å²) in [4.78, 5) is 0. The minimum absolute atomic E-state index is 0.121. The molecule has 138 valence electrons. The van der Waals surface area contributed by atoms with Gasteiger partial charge in [0.15, 0.2) is 0 Å². The van der Waals surface area contributed by atoms with E-state index in [1.165, 1.54) is 0 Å². The van der Waals surface area contributed by atoms with Crippen LogP contribution in [0.15, 0.2) is 0 Å². The van der Waals surface area contributed by atoms with Crippen LogP contribution in [0.1, 0.15) is 0 Å². The van der Waals surface area contributed by atoms with Crippen LogP contribution in [0.4, 0.5) is 0 Å². The molecule has 0 aromatic heterocycles. The van der Waals surface area contributed by atoms with Gasteiger partial charge in [0.2, 0.25) is 0 Å². The van der Waals surface area contributed by atoms with Gasteiger partial charge in [-0.15, -0.1) is 0 Å². The van der Waals surface area contributed by atoms with Crippen molar-refractivity contribution in [1.29, 1.82) is 0 Å². The first kappa shape index (κ1) is 20.7. The topological polar surface area (TPSA) is 90.6 Å². The Morgan fingerprint density at radius 3 is 1.26 bits per heavy atom. The molecule has 23 heavy (non-hydrogen) atoms. The molecule has 1 unspecified atom stereocenters. The van der Waals surface area contributed by atoms with Gasteiger partial charge in [-0.05, 0) is 0 Å². The third-order valence-corrected chi connectivity index (χ3v) is 3.01. The fourth-order valence-electron chi connectivity index (χ4n) is 1.77. The van der Waals surface area contributed by atoms with Gasteiger partial charge in [-0.25, -0.2) is 0 Å². The maximum absolute atomic E-state index is 5.64. The number of rotatable bonds is 1. The van der Waals surface area contributed by atoms with Crippen molar-refractivity contribution in [3.63, 3.8) is 0 Å². The van der Waals surface area contributed by atoms with E-state index in [9.17, 15) is 0 Å². The molecular formula is C15H31NO7. The minimum Gasteiger partial charge on any atom is -0.377 e. The molecule has 0 spiro atoms. The third-order valence-electron chi connectivity index (χ3n) is 3.01. The quantitative estimate of drug-likeness (QED) is 0.681. The van der Waals surface area contributed by atoms with E-state index in [0.29, 0.717) is 92.4 Å². The summed E-state index contributed by atoms with van der Waals surface area (Å²) >= 11 is 0. The van der Waals surface area contributed by atoms with Crippen LogP contribution >= 0.6 is 0 Å². The summed E-state index contributed by atoms with van der Waals surface area (Å²) in [5, 5.41) is 0. The Morgan fingerprint density at radius 2 is 0.870 bits per heavy atom. The lowest BCUT2D eigenvalue weighted by molar-refractivity contribution is -0.0497. The lowest BCUT2D eigenvalue weighted by atomic mass is 10.4. The van der Waals surface area contributed by atoms with Crippen molar-refractivity contribution in [2.45, 2.75) is 6.10 Å². The Kier molecular flexibility index (Phi) is 14.9. The number of hydrogen-bond acceptors (Lipinski definition) is 8. The molecule has 1 aliphatic rings. The molecule has 1 heterocycles. The van der Waals surface area contributed by atoms with Gasteiger partial charge in [0.1, 0.15) is 0 Å². The first-order valence-electron chi connectivity index (χ1n) is 8.21. The summed E-state index contributed by atoms with van der Waals surface area (Å²) in [6.45, 7) is 7.29. The molecule has 1 atom stereocenters. The standard InChI is InChI=1S/C15H31NO7/c16-13-15-14-22-10-9-20-6-5-18-2-1-17-3-4-19-7-8-21-11-12-23-15/h15H,1-14,16H2. The predicted octanol–water partition coefficient (Wildman–Crippen LogP) is -0.556. The summed E-state index contributed by atoms with van der Waals surface area (Å²) < 4.78 is 38.0. The first-order chi connectivity index (χ1) is 11.4. The number of nitrogens with two attached hydrogens (primary N) is 1. The molecule has 0 aromatic rings. The highest BCUT2D eigenvalue weighted by Crippen LogP contribution is 1.93. The average molecular weight is 337 g/mol. The van der Waals surface area contributed by atoms with Crippen LogP contribution < -0.4 is 5.73 Å². The molecule has 1 saturated heterocycles. The summed E-state index contributed by atoms with van der Waals surface area (Å²) in [5.41, 5.74) is 5.64. The molecule has 2 N–H and O–H groups in total. The SMILES string of the molecule is NCC1COCCOCCOCCOCCOCCOCCO1. The normalized spacial score (nSPS) is 26.2. The van der Waals surface area contributed by atoms with Crippen LogP contribution in [0, 0.1) is 0 Å². The van der Waals surface area contributed by atoms with Crippen LogP contribution in [-0.2, 0) is 33.2 Å². The monoisotopic (exact) mass is 337 g/mol. The van der Waals surface area contributed by atoms with Gasteiger partial charge in [-0.1, -0.05) is 0 Å². The number of ether oxygens (including phenoxy) is 7. The molecule has 8 nitrogen and oxygen atoms in total. The second-order valence-corrected chi connectivity index (χ2v) is 4.87. The Labute approximate surface area is 138 Å². The molecular weight excluding hydrogens is 306 g/mol. The van der Waals surface area contributed by atoms with Gasteiger partial charge in [0.25, 0.3) is 0 Å². The van der Waals surface area contributed by atoms with E-state index in [1.54, 1.807) is 0 Å². The molecule has 0 aromatic carbocycles. The predicted molar refractivity (Wildman–Crippen MR) is 83.7 cm³/mol. The van der Waals surface area contributed by atoms with Gasteiger partial charge in [-0.3, -0.25) is 0 Å². The Balaban J connectivity index is 2.14. The third kappa shape index (κ3) is 13.8. The van der Waals surface area contributed by atoms with Crippen LogP contribution in [-0.4, -0.2) is 98.5 Å². The fourth-order valence-corrected chi connectivity index (χ4v) is 1.77. The van der Waals surface area contributed by atoms with Crippen LogP contribution in [0.2, 0.25) is 0 Å². The summed E-state index contributed by atoms with van der Waals surface area (Å²) in [7, 11) is 0. The zero-order chi connectivity index (χ0) is 16.4. The van der Waals surface area contributed by atoms with Crippen molar-refractivity contribution in [1.82, 2.24) is 0 Å². The molecule has 1 fully saturated rings. The summed E-state index contributed by atoms with van der Waals surface area (Å²) in [5.74, 6) is 0. The highest BCUT2D eigenvalue weighted by Gasteiger charge is 2.07. The summed E-state index contributed by atoms with van der Waals surface area (Å²) in [6.07, 6.45) is -0.121. The van der Waals surface area contributed by atoms with E-state index in [4.69, 9.17) is 38.9 Å². The average Bonchev–Trinajstić information content (AvgIpc) is 2.57.